The fourth-order valence-corrected chi connectivity index (χ4v) is 3.00. The lowest BCUT2D eigenvalue weighted by Crippen LogP contribution is -2.36. The number of hydrogen-bond acceptors (Lipinski definition) is 3. The van der Waals surface area contributed by atoms with Crippen molar-refractivity contribution in [3.8, 4) is 0 Å². The van der Waals surface area contributed by atoms with E-state index < -0.39 is 0 Å². The van der Waals surface area contributed by atoms with Gasteiger partial charge >= 0.3 is 0 Å². The second-order valence-electron chi connectivity index (χ2n) is 6.74. The summed E-state index contributed by atoms with van der Waals surface area (Å²) in [5.74, 6) is -0.250. The molecular formula is C24H24N2O3. The van der Waals surface area contributed by atoms with Crippen LogP contribution < -0.4 is 10.6 Å². The van der Waals surface area contributed by atoms with Crippen molar-refractivity contribution in [1.82, 2.24) is 10.6 Å². The lowest BCUT2D eigenvalue weighted by atomic mass is 10.0. The number of rotatable bonds is 7. The van der Waals surface area contributed by atoms with Crippen LogP contribution in [-0.4, -0.2) is 11.8 Å². The molecular weight excluding hydrogens is 364 g/mol. The van der Waals surface area contributed by atoms with E-state index in [1.165, 1.54) is 12.3 Å². The quantitative estimate of drug-likeness (QED) is 0.580. The van der Waals surface area contributed by atoms with Crippen molar-refractivity contribution < 1.29 is 14.0 Å². The van der Waals surface area contributed by atoms with Crippen LogP contribution in [0.25, 0.3) is 6.08 Å². The van der Waals surface area contributed by atoms with Gasteiger partial charge in [0.15, 0.2) is 0 Å². The fraction of sp³-hybridized carbons (Fsp3) is 0.167. The Kier molecular flexibility index (Phi) is 6.63. The number of carbonyl (C=O) groups excluding carboxylic acids is 2. The number of amides is 2. The van der Waals surface area contributed by atoms with Gasteiger partial charge in [-0.05, 0) is 43.2 Å². The van der Waals surface area contributed by atoms with E-state index in [1.54, 1.807) is 24.3 Å². The summed E-state index contributed by atoms with van der Waals surface area (Å²) in [7, 11) is 0. The first-order valence-electron chi connectivity index (χ1n) is 9.56. The Morgan fingerprint density at radius 2 is 1.83 bits per heavy atom. The predicted octanol–water partition coefficient (Wildman–Crippen LogP) is 4.63. The number of aryl methyl sites for hydroxylation is 1. The Bertz CT molecular complexity index is 992. The molecule has 1 atom stereocenters. The molecule has 0 radical (unpaired) electrons. The van der Waals surface area contributed by atoms with Crippen molar-refractivity contribution in [1.29, 1.82) is 0 Å². The molecule has 0 spiro atoms. The molecule has 0 saturated carbocycles. The monoisotopic (exact) mass is 388 g/mol. The molecule has 2 aromatic carbocycles. The lowest BCUT2D eigenvalue weighted by molar-refractivity contribution is -0.118. The van der Waals surface area contributed by atoms with Crippen molar-refractivity contribution >= 4 is 17.9 Å². The summed E-state index contributed by atoms with van der Waals surface area (Å²) in [6, 6.07) is 20.2. The molecule has 5 heteroatoms. The Hall–Kier alpha value is -3.60. The van der Waals surface area contributed by atoms with Crippen LogP contribution >= 0.6 is 0 Å². The van der Waals surface area contributed by atoms with Crippen molar-refractivity contribution in [2.75, 3.05) is 0 Å². The van der Waals surface area contributed by atoms with Gasteiger partial charge in [-0.1, -0.05) is 55.0 Å². The van der Waals surface area contributed by atoms with E-state index in [0.29, 0.717) is 11.3 Å². The molecule has 0 aliphatic carbocycles. The summed E-state index contributed by atoms with van der Waals surface area (Å²) in [5, 5.41) is 5.73. The van der Waals surface area contributed by atoms with Crippen LogP contribution in [0.5, 0.6) is 0 Å². The smallest absolute Gasteiger partial charge is 0.268 e. The van der Waals surface area contributed by atoms with E-state index in [2.05, 4.69) is 10.6 Å². The van der Waals surface area contributed by atoms with Gasteiger partial charge in [-0.25, -0.2) is 0 Å². The van der Waals surface area contributed by atoms with Gasteiger partial charge in [0.05, 0.1) is 12.3 Å². The molecule has 2 N–H and O–H groups in total. The van der Waals surface area contributed by atoms with Crippen LogP contribution in [-0.2, 0) is 4.79 Å². The Morgan fingerprint density at radius 3 is 2.48 bits per heavy atom. The van der Waals surface area contributed by atoms with Crippen molar-refractivity contribution in [3.05, 3.63) is 101 Å². The summed E-state index contributed by atoms with van der Waals surface area (Å²) >= 11 is 0. The lowest BCUT2D eigenvalue weighted by Gasteiger charge is -2.19. The largest absolute Gasteiger partial charge is 0.465 e. The van der Waals surface area contributed by atoms with Gasteiger partial charge in [-0.3, -0.25) is 9.59 Å². The summed E-state index contributed by atoms with van der Waals surface area (Å²) in [5.41, 5.74) is 2.58. The van der Waals surface area contributed by atoms with Gasteiger partial charge < -0.3 is 15.1 Å². The second kappa shape index (κ2) is 9.55. The zero-order valence-electron chi connectivity index (χ0n) is 16.5. The first-order valence-corrected chi connectivity index (χ1v) is 9.56. The van der Waals surface area contributed by atoms with Crippen molar-refractivity contribution in [2.24, 2.45) is 0 Å². The molecule has 3 rings (SSSR count). The molecule has 1 unspecified atom stereocenters. The molecule has 0 saturated heterocycles. The van der Waals surface area contributed by atoms with E-state index in [4.69, 9.17) is 4.42 Å². The molecule has 3 aromatic rings. The third-order valence-corrected chi connectivity index (χ3v) is 4.52. The standard InChI is InChI=1S/C24H24N2O3/c1-3-21(18-10-5-4-6-11-18)25-24(28)22(16-20-13-8-14-29-20)26-23(27)19-12-7-9-17(2)15-19/h4-16,21H,3H2,1-2H3,(H,25,28)(H,26,27)/b22-16-. The highest BCUT2D eigenvalue weighted by molar-refractivity contribution is 6.05. The highest BCUT2D eigenvalue weighted by atomic mass is 16.3. The molecule has 29 heavy (non-hydrogen) atoms. The van der Waals surface area contributed by atoms with Gasteiger partial charge in [-0.15, -0.1) is 0 Å². The minimum atomic E-state index is -0.377. The van der Waals surface area contributed by atoms with Crippen LogP contribution in [0.4, 0.5) is 0 Å². The number of benzene rings is 2. The van der Waals surface area contributed by atoms with Gasteiger partial charge in [0, 0.05) is 11.6 Å². The highest BCUT2D eigenvalue weighted by Gasteiger charge is 2.19. The van der Waals surface area contributed by atoms with Crippen LogP contribution in [0, 0.1) is 6.92 Å². The molecule has 1 heterocycles. The molecule has 5 nitrogen and oxygen atoms in total. The molecule has 2 amide bonds. The van der Waals surface area contributed by atoms with Crippen LogP contribution in [0.15, 0.2) is 83.1 Å². The van der Waals surface area contributed by atoms with Gasteiger partial charge in [0.25, 0.3) is 11.8 Å². The molecule has 0 bridgehead atoms. The second-order valence-corrected chi connectivity index (χ2v) is 6.74. The molecule has 0 aliphatic rings. The normalized spacial score (nSPS) is 12.3. The van der Waals surface area contributed by atoms with Crippen LogP contribution in [0.1, 0.15) is 46.6 Å². The fourth-order valence-electron chi connectivity index (χ4n) is 3.00. The number of furan rings is 1. The van der Waals surface area contributed by atoms with E-state index in [0.717, 1.165) is 17.5 Å². The molecule has 1 aromatic heterocycles. The maximum atomic E-state index is 13.0. The maximum Gasteiger partial charge on any atom is 0.268 e. The topological polar surface area (TPSA) is 71.3 Å². The minimum Gasteiger partial charge on any atom is -0.465 e. The first-order chi connectivity index (χ1) is 14.1. The predicted molar refractivity (Wildman–Crippen MR) is 113 cm³/mol. The third-order valence-electron chi connectivity index (χ3n) is 4.52. The summed E-state index contributed by atoms with van der Waals surface area (Å²) in [4.78, 5) is 25.7. The molecule has 0 fully saturated rings. The maximum absolute atomic E-state index is 13.0. The zero-order chi connectivity index (χ0) is 20.6. The van der Waals surface area contributed by atoms with E-state index >= 15 is 0 Å². The van der Waals surface area contributed by atoms with E-state index in [-0.39, 0.29) is 23.6 Å². The van der Waals surface area contributed by atoms with E-state index in [9.17, 15) is 9.59 Å². The highest BCUT2D eigenvalue weighted by Crippen LogP contribution is 2.17. The molecule has 148 valence electrons. The molecule has 0 aliphatic heterocycles. The Morgan fingerprint density at radius 1 is 1.03 bits per heavy atom. The first kappa shape index (κ1) is 20.1. The average Bonchev–Trinajstić information content (AvgIpc) is 3.25. The summed E-state index contributed by atoms with van der Waals surface area (Å²) in [6.45, 7) is 3.91. The SMILES string of the molecule is CCC(NC(=O)/C(=C/c1ccco1)NC(=O)c1cccc(C)c1)c1ccccc1. The van der Waals surface area contributed by atoms with Crippen LogP contribution in [0.3, 0.4) is 0 Å². The number of carbonyl (C=O) groups is 2. The van der Waals surface area contributed by atoms with Crippen molar-refractivity contribution in [2.45, 2.75) is 26.3 Å². The van der Waals surface area contributed by atoms with Crippen LogP contribution in [0.2, 0.25) is 0 Å². The van der Waals surface area contributed by atoms with Gasteiger partial charge in [0.1, 0.15) is 11.5 Å². The Labute approximate surface area is 170 Å². The summed E-state index contributed by atoms with van der Waals surface area (Å²) in [6.07, 6.45) is 3.76. The van der Waals surface area contributed by atoms with Gasteiger partial charge in [0.2, 0.25) is 0 Å². The third kappa shape index (κ3) is 5.45. The van der Waals surface area contributed by atoms with Gasteiger partial charge in [-0.2, -0.15) is 0 Å². The van der Waals surface area contributed by atoms with E-state index in [1.807, 2.05) is 56.3 Å². The average molecular weight is 388 g/mol. The zero-order valence-corrected chi connectivity index (χ0v) is 16.5. The Balaban J connectivity index is 1.83. The summed E-state index contributed by atoms with van der Waals surface area (Å²) < 4.78 is 5.33. The minimum absolute atomic E-state index is 0.126. The number of hydrogen-bond donors (Lipinski definition) is 2. The number of nitrogens with one attached hydrogen (secondary N) is 2. The van der Waals surface area contributed by atoms with Crippen molar-refractivity contribution in [3.63, 3.8) is 0 Å².